The molecule has 5 rings (SSSR count). The molecule has 2 saturated heterocycles. The van der Waals surface area contributed by atoms with Crippen molar-refractivity contribution in [2.75, 3.05) is 18.9 Å². The summed E-state index contributed by atoms with van der Waals surface area (Å²) in [6.45, 7) is -2.26. The number of allylic oxidation sites excluding steroid dienone is 1. The normalized spacial score (nSPS) is 29.4. The number of aromatic nitrogens is 4. The molecule has 0 bridgehead atoms. The summed E-state index contributed by atoms with van der Waals surface area (Å²) in [4.78, 5) is 71.8. The molecule has 2 unspecified atom stereocenters. The van der Waals surface area contributed by atoms with E-state index in [9.17, 15) is 53.4 Å². The molecule has 0 spiro atoms. The Kier molecular flexibility index (Phi) is 20.5. The van der Waals surface area contributed by atoms with Crippen molar-refractivity contribution in [2.24, 2.45) is 5.73 Å². The first kappa shape index (κ1) is 51.3. The van der Waals surface area contributed by atoms with Crippen molar-refractivity contribution in [2.45, 2.75) is 55.5 Å². The molecule has 3 aliphatic heterocycles. The van der Waals surface area contributed by atoms with Gasteiger partial charge in [-0.2, -0.15) is 0 Å². The van der Waals surface area contributed by atoms with Gasteiger partial charge in [-0.1, -0.05) is 6.08 Å². The molecule has 7 N–H and O–H groups in total. The van der Waals surface area contributed by atoms with Crippen molar-refractivity contribution in [3.8, 4) is 0 Å². The van der Waals surface area contributed by atoms with Gasteiger partial charge in [-0.15, -0.1) is 0 Å². The number of phosphoric ester groups is 3. The molecule has 0 radical (unpaired) electrons. The quantitative estimate of drug-likeness (QED) is 0.0924. The van der Waals surface area contributed by atoms with Crippen molar-refractivity contribution in [1.82, 2.24) is 24.4 Å². The number of anilines is 1. The number of phosphoric acid groups is 3. The zero-order valence-corrected chi connectivity index (χ0v) is 38.6. The monoisotopic (exact) mass is 833 g/mol. The number of nitrogens with two attached hydrogens (primary N) is 2. The predicted molar refractivity (Wildman–Crippen MR) is 144 cm³/mol. The van der Waals surface area contributed by atoms with Crippen LogP contribution >= 0.6 is 23.5 Å². The Morgan fingerprint density at radius 1 is 0.904 bits per heavy atom. The van der Waals surface area contributed by atoms with Crippen molar-refractivity contribution >= 4 is 46.4 Å². The fraction of sp³-hybridized carbons (Fsp3) is 0.524. The number of carbonyl (C=O) groups is 1. The molecule has 24 nitrogen and oxygen atoms in total. The minimum atomic E-state index is -5.86. The van der Waals surface area contributed by atoms with Gasteiger partial charge in [0.2, 0.25) is 5.91 Å². The van der Waals surface area contributed by atoms with Gasteiger partial charge in [0.15, 0.2) is 23.9 Å². The predicted octanol–water partition coefficient (Wildman–Crippen LogP) is -17.1. The Balaban J connectivity index is 0.00000338. The molecule has 10 atom stereocenters. The molecular formula is C21H26N7Na4O17P3. The molecule has 266 valence electrons. The Bertz CT molecular complexity index is 1760. The maximum atomic E-state index is 12.4. The van der Waals surface area contributed by atoms with Gasteiger partial charge in [-0.25, -0.2) is 19.3 Å². The number of aliphatic hydroxyl groups excluding tert-OH is 3. The Morgan fingerprint density at radius 2 is 1.48 bits per heavy atom. The second kappa shape index (κ2) is 20.8. The third-order valence-corrected chi connectivity index (χ3v) is 10.1. The molecule has 0 aromatic carbocycles. The number of nitrogen functional groups attached to an aromatic ring is 1. The van der Waals surface area contributed by atoms with Gasteiger partial charge in [0.05, 0.1) is 27.4 Å². The Labute approximate surface area is 382 Å². The van der Waals surface area contributed by atoms with Crippen LogP contribution in [0.2, 0.25) is 0 Å². The van der Waals surface area contributed by atoms with Gasteiger partial charge in [-0.05, 0) is 6.42 Å². The van der Waals surface area contributed by atoms with E-state index < -0.39 is 91.7 Å². The fourth-order valence-corrected chi connectivity index (χ4v) is 7.45. The summed E-state index contributed by atoms with van der Waals surface area (Å²) in [6.07, 6.45) is -7.38. The van der Waals surface area contributed by atoms with Gasteiger partial charge in [0.25, 0.3) is 15.6 Å². The molecule has 52 heavy (non-hydrogen) atoms. The maximum absolute atomic E-state index is 12.4. The van der Waals surface area contributed by atoms with Crippen LogP contribution in [0, 0.1) is 0 Å². The van der Waals surface area contributed by atoms with Crippen LogP contribution in [0.4, 0.5) is 5.82 Å². The number of amides is 1. The molecule has 3 aliphatic rings. The van der Waals surface area contributed by atoms with E-state index in [2.05, 4.69) is 32.8 Å². The number of hydrogen-bond acceptors (Lipinski definition) is 22. The topological polar surface area (TPSA) is 375 Å². The van der Waals surface area contributed by atoms with Gasteiger partial charge in [-0.3, -0.25) is 18.5 Å². The molecule has 2 fully saturated rings. The first-order chi connectivity index (χ1) is 22.4. The molecule has 2 aromatic rings. The van der Waals surface area contributed by atoms with Crippen LogP contribution in [-0.4, -0.2) is 102 Å². The van der Waals surface area contributed by atoms with E-state index in [1.54, 1.807) is 0 Å². The molecule has 0 aliphatic carbocycles. The summed E-state index contributed by atoms with van der Waals surface area (Å²) < 4.78 is 65.6. The van der Waals surface area contributed by atoms with E-state index in [1.807, 2.05) is 0 Å². The molecule has 31 heteroatoms. The summed E-state index contributed by atoms with van der Waals surface area (Å²) >= 11 is 0. The first-order valence-corrected chi connectivity index (χ1v) is 17.8. The first-order valence-electron chi connectivity index (χ1n) is 13.4. The number of aliphatic hydroxyl groups is 3. The Morgan fingerprint density at radius 3 is 2.06 bits per heavy atom. The number of fused-ring (bicyclic) bond motifs is 1. The molecular weight excluding hydrogens is 807 g/mol. The van der Waals surface area contributed by atoms with Crippen molar-refractivity contribution < 1.29 is 199 Å². The smallest absolute Gasteiger partial charge is 0.790 e. The van der Waals surface area contributed by atoms with Gasteiger partial charge >= 0.3 is 118 Å². The second-order valence-corrected chi connectivity index (χ2v) is 14.4. The van der Waals surface area contributed by atoms with Crippen LogP contribution < -0.4 is 149 Å². The minimum Gasteiger partial charge on any atom is -0.790 e. The number of hydrogen-bond donors (Lipinski definition) is 5. The average molecular weight is 833 g/mol. The van der Waals surface area contributed by atoms with Crippen LogP contribution in [0.1, 0.15) is 12.6 Å². The van der Waals surface area contributed by atoms with E-state index in [-0.39, 0.29) is 147 Å². The van der Waals surface area contributed by atoms with Crippen molar-refractivity contribution in [3.05, 3.63) is 36.7 Å². The third-order valence-electron chi connectivity index (χ3n) is 7.09. The number of ether oxygens (including phenoxy) is 2. The number of rotatable bonds is 13. The van der Waals surface area contributed by atoms with Crippen LogP contribution in [0.15, 0.2) is 36.7 Å². The van der Waals surface area contributed by atoms with Crippen LogP contribution in [-0.2, 0) is 45.8 Å². The van der Waals surface area contributed by atoms with Gasteiger partial charge in [0, 0.05) is 18.0 Å². The van der Waals surface area contributed by atoms with E-state index in [0.717, 1.165) is 17.2 Å². The van der Waals surface area contributed by atoms with Crippen LogP contribution in [0.3, 0.4) is 0 Å². The zero-order chi connectivity index (χ0) is 35.2. The summed E-state index contributed by atoms with van der Waals surface area (Å²) in [6, 6.07) is 0. The van der Waals surface area contributed by atoms with Gasteiger partial charge in [0.1, 0.15) is 48.5 Å². The van der Waals surface area contributed by atoms with E-state index in [4.69, 9.17) is 20.9 Å². The summed E-state index contributed by atoms with van der Waals surface area (Å²) in [7, 11) is -17.4. The SMILES string of the molecule is NC(=O)C1=CN([C@@H]2O[C@@H](COP(=O)([O-])OP(=O)([O-])OC[C@@H]3O[C@H](n4cnc5c(N)ncnc54)[C@@H](OP(=O)([O-])[O-])[C@@H]3O)[C@H](O)[C@@H]2O)C=CC1.[Na+].[Na+].[Na+].[Na+]. The van der Waals surface area contributed by atoms with Crippen molar-refractivity contribution in [3.63, 3.8) is 0 Å². The van der Waals surface area contributed by atoms with Crippen LogP contribution in [0.5, 0.6) is 0 Å². The number of imidazole rings is 1. The number of primary amides is 1. The standard InChI is InChI=1S/C21H30N7O17P3.4Na/c22-17-12-19(25-7-24-17)28(8-26-12)21-16(44-46(33,34)35)14(30)11(43-21)6-41-48(38,39)45-47(36,37)40-5-10-13(29)15(31)20(42-10)27-3-1-2-9(4-27)18(23)32;;;;/h1,3-4,7-8,10-11,13-16,20-21,29-31H,2,5-6H2,(H2,23,32)(H,36,37)(H,38,39)(H2,22,24,25)(H2,33,34,35);;;;/q;4*+1/p-4/t10-,11-,13-,14+,15-,16-,20+,21-;;;;/m0..../s1. The fourth-order valence-electron chi connectivity index (χ4n) is 4.91. The summed E-state index contributed by atoms with van der Waals surface area (Å²) in [5.41, 5.74) is 11.1. The second-order valence-electron chi connectivity index (χ2n) is 10.3. The van der Waals surface area contributed by atoms with E-state index in [0.29, 0.717) is 0 Å². The van der Waals surface area contributed by atoms with Crippen molar-refractivity contribution in [1.29, 1.82) is 0 Å². The number of nitrogens with zero attached hydrogens (tertiary/aromatic N) is 5. The molecule has 2 aromatic heterocycles. The summed E-state index contributed by atoms with van der Waals surface area (Å²) in [5.74, 6) is -0.849. The van der Waals surface area contributed by atoms with E-state index in [1.165, 1.54) is 23.4 Å². The van der Waals surface area contributed by atoms with Gasteiger partial charge < -0.3 is 78.9 Å². The third kappa shape index (κ3) is 12.6. The minimum absolute atomic E-state index is 0. The molecule has 1 amide bonds. The van der Waals surface area contributed by atoms with Crippen LogP contribution in [0.25, 0.3) is 11.2 Å². The van der Waals surface area contributed by atoms with E-state index >= 15 is 0 Å². The molecule has 5 heterocycles. The Hall–Kier alpha value is 1.27. The average Bonchev–Trinajstić information content (AvgIpc) is 3.64. The number of carbonyl (C=O) groups excluding carboxylic acids is 1. The largest absolute Gasteiger partial charge is 1.00 e. The zero-order valence-electron chi connectivity index (χ0n) is 27.9. The maximum Gasteiger partial charge on any atom is 1.00 e. The summed E-state index contributed by atoms with van der Waals surface area (Å²) in [5, 5.41) is 31.4. The molecule has 0 saturated carbocycles.